The fourth-order valence-electron chi connectivity index (χ4n) is 3.45. The summed E-state index contributed by atoms with van der Waals surface area (Å²) in [6.07, 6.45) is 0.737. The van der Waals surface area contributed by atoms with Crippen LogP contribution in [0.4, 0.5) is 4.39 Å². The lowest BCUT2D eigenvalue weighted by molar-refractivity contribution is -0.122. The molecule has 1 N–H and O–H groups in total. The van der Waals surface area contributed by atoms with Crippen molar-refractivity contribution in [3.63, 3.8) is 0 Å². The van der Waals surface area contributed by atoms with Gasteiger partial charge >= 0.3 is 0 Å². The quantitative estimate of drug-likeness (QED) is 0.601. The molecule has 1 amide bonds. The average Bonchev–Trinajstić information content (AvgIpc) is 2.73. The minimum atomic E-state index is -0.403. The lowest BCUT2D eigenvalue weighted by atomic mass is 9.90. The highest BCUT2D eigenvalue weighted by Crippen LogP contribution is 2.27. The van der Waals surface area contributed by atoms with E-state index in [9.17, 15) is 9.18 Å². The Bertz CT molecular complexity index is 856. The molecule has 0 aliphatic heterocycles. The van der Waals surface area contributed by atoms with Crippen molar-refractivity contribution in [1.82, 2.24) is 10.2 Å². The van der Waals surface area contributed by atoms with Gasteiger partial charge in [-0.05, 0) is 55.9 Å². The first-order valence-corrected chi connectivity index (χ1v) is 9.85. The summed E-state index contributed by atoms with van der Waals surface area (Å²) in [6, 6.07) is 25.8. The van der Waals surface area contributed by atoms with Crippen molar-refractivity contribution in [2.45, 2.75) is 18.4 Å². The summed E-state index contributed by atoms with van der Waals surface area (Å²) in [6.45, 7) is 0.809. The SMILES string of the molecule is CN(C)CC[C@@H](NC(=O)C(c1ccccc1)c1ccccc1)c1ccc(F)cc1. The van der Waals surface area contributed by atoms with Gasteiger partial charge < -0.3 is 10.2 Å². The summed E-state index contributed by atoms with van der Waals surface area (Å²) in [4.78, 5) is 15.5. The summed E-state index contributed by atoms with van der Waals surface area (Å²) in [5.41, 5.74) is 2.80. The number of rotatable bonds is 8. The molecule has 1 atom stereocenters. The van der Waals surface area contributed by atoms with E-state index in [0.29, 0.717) is 0 Å². The molecule has 0 heterocycles. The molecule has 0 unspecified atom stereocenters. The van der Waals surface area contributed by atoms with Gasteiger partial charge in [0.25, 0.3) is 0 Å². The van der Waals surface area contributed by atoms with E-state index in [1.165, 1.54) is 12.1 Å². The first-order valence-electron chi connectivity index (χ1n) is 9.85. The highest BCUT2D eigenvalue weighted by Gasteiger charge is 2.25. The van der Waals surface area contributed by atoms with Gasteiger partial charge in [-0.3, -0.25) is 4.79 Å². The molecule has 0 saturated carbocycles. The van der Waals surface area contributed by atoms with Crippen molar-refractivity contribution < 1.29 is 9.18 Å². The number of carbonyl (C=O) groups is 1. The zero-order valence-corrected chi connectivity index (χ0v) is 16.9. The molecule has 29 heavy (non-hydrogen) atoms. The Morgan fingerprint density at radius 1 is 0.828 bits per heavy atom. The number of carbonyl (C=O) groups excluding carboxylic acids is 1. The van der Waals surface area contributed by atoms with Crippen LogP contribution < -0.4 is 5.32 Å². The Labute approximate surface area is 172 Å². The van der Waals surface area contributed by atoms with Crippen LogP contribution in [0.25, 0.3) is 0 Å². The zero-order chi connectivity index (χ0) is 20.6. The number of hydrogen-bond donors (Lipinski definition) is 1. The van der Waals surface area contributed by atoms with Crippen LogP contribution in [0.1, 0.15) is 35.1 Å². The molecule has 0 radical (unpaired) electrons. The maximum absolute atomic E-state index is 13.4. The van der Waals surface area contributed by atoms with E-state index >= 15 is 0 Å². The van der Waals surface area contributed by atoms with Gasteiger partial charge in [0.05, 0.1) is 12.0 Å². The van der Waals surface area contributed by atoms with Crippen LogP contribution in [-0.2, 0) is 4.79 Å². The van der Waals surface area contributed by atoms with Gasteiger partial charge in [-0.2, -0.15) is 0 Å². The Balaban J connectivity index is 1.89. The molecule has 0 aliphatic carbocycles. The van der Waals surface area contributed by atoms with E-state index in [1.807, 2.05) is 74.8 Å². The van der Waals surface area contributed by atoms with Gasteiger partial charge in [-0.15, -0.1) is 0 Å². The van der Waals surface area contributed by atoms with Crippen LogP contribution in [0, 0.1) is 5.82 Å². The summed E-state index contributed by atoms with van der Waals surface area (Å²) in [5.74, 6) is -0.743. The molecule has 0 saturated heterocycles. The molecule has 3 aromatic carbocycles. The number of nitrogens with zero attached hydrogens (tertiary/aromatic N) is 1. The van der Waals surface area contributed by atoms with Gasteiger partial charge in [0.1, 0.15) is 5.82 Å². The third-order valence-corrected chi connectivity index (χ3v) is 4.98. The second-order valence-corrected chi connectivity index (χ2v) is 7.46. The summed E-state index contributed by atoms with van der Waals surface area (Å²) < 4.78 is 13.4. The average molecular weight is 391 g/mol. The molecular weight excluding hydrogens is 363 g/mol. The lowest BCUT2D eigenvalue weighted by Gasteiger charge is -2.25. The zero-order valence-electron chi connectivity index (χ0n) is 16.9. The van der Waals surface area contributed by atoms with Crippen LogP contribution >= 0.6 is 0 Å². The molecule has 0 aromatic heterocycles. The smallest absolute Gasteiger partial charge is 0.232 e. The number of hydrogen-bond acceptors (Lipinski definition) is 2. The molecule has 150 valence electrons. The van der Waals surface area contributed by atoms with Crippen LogP contribution in [0.5, 0.6) is 0 Å². The largest absolute Gasteiger partial charge is 0.348 e. The van der Waals surface area contributed by atoms with E-state index in [2.05, 4.69) is 10.2 Å². The van der Waals surface area contributed by atoms with Gasteiger partial charge in [0.15, 0.2) is 0 Å². The van der Waals surface area contributed by atoms with Crippen LogP contribution in [-0.4, -0.2) is 31.4 Å². The maximum atomic E-state index is 13.4. The van der Waals surface area contributed by atoms with Gasteiger partial charge in [0.2, 0.25) is 5.91 Å². The molecule has 3 nitrogen and oxygen atoms in total. The number of amides is 1. The third-order valence-electron chi connectivity index (χ3n) is 4.98. The number of nitrogens with one attached hydrogen (secondary N) is 1. The normalized spacial score (nSPS) is 12.2. The van der Waals surface area contributed by atoms with E-state index in [1.54, 1.807) is 12.1 Å². The van der Waals surface area contributed by atoms with Crippen molar-refractivity contribution in [2.75, 3.05) is 20.6 Å². The molecule has 0 bridgehead atoms. The van der Waals surface area contributed by atoms with Crippen molar-refractivity contribution >= 4 is 5.91 Å². The molecule has 3 rings (SSSR count). The predicted molar refractivity (Wildman–Crippen MR) is 115 cm³/mol. The van der Waals surface area contributed by atoms with Gasteiger partial charge in [-0.25, -0.2) is 4.39 Å². The van der Waals surface area contributed by atoms with E-state index in [0.717, 1.165) is 29.7 Å². The maximum Gasteiger partial charge on any atom is 0.232 e. The summed E-state index contributed by atoms with van der Waals surface area (Å²) in [5, 5.41) is 3.22. The van der Waals surface area contributed by atoms with Crippen LogP contribution in [0.2, 0.25) is 0 Å². The second-order valence-electron chi connectivity index (χ2n) is 7.46. The Kier molecular flexibility index (Phi) is 7.14. The van der Waals surface area contributed by atoms with Crippen LogP contribution in [0.15, 0.2) is 84.9 Å². The Hall–Kier alpha value is -2.98. The fraction of sp³-hybridized carbons (Fsp3) is 0.240. The Morgan fingerprint density at radius 2 is 1.34 bits per heavy atom. The fourth-order valence-corrected chi connectivity index (χ4v) is 3.45. The first kappa shape index (κ1) is 20.7. The molecule has 0 fully saturated rings. The van der Waals surface area contributed by atoms with Crippen molar-refractivity contribution in [3.8, 4) is 0 Å². The highest BCUT2D eigenvalue weighted by atomic mass is 19.1. The molecule has 0 spiro atoms. The summed E-state index contributed by atoms with van der Waals surface area (Å²) >= 11 is 0. The minimum absolute atomic E-state index is 0.0597. The molecule has 3 aromatic rings. The summed E-state index contributed by atoms with van der Waals surface area (Å²) in [7, 11) is 4.00. The van der Waals surface area contributed by atoms with Crippen molar-refractivity contribution in [3.05, 3.63) is 107 Å². The standard InChI is InChI=1S/C25H27FN2O/c1-28(2)18-17-23(19-13-15-22(26)16-14-19)27-25(29)24(20-9-5-3-6-10-20)21-11-7-4-8-12-21/h3-16,23-24H,17-18H2,1-2H3,(H,27,29)/t23-/m1/s1. The molecule has 0 aliphatic rings. The lowest BCUT2D eigenvalue weighted by Crippen LogP contribution is -2.35. The van der Waals surface area contributed by atoms with E-state index < -0.39 is 5.92 Å². The second kappa shape index (κ2) is 9.99. The third kappa shape index (κ3) is 5.75. The van der Waals surface area contributed by atoms with E-state index in [4.69, 9.17) is 0 Å². The first-order chi connectivity index (χ1) is 14.0. The number of benzene rings is 3. The Morgan fingerprint density at radius 3 is 1.83 bits per heavy atom. The van der Waals surface area contributed by atoms with Crippen molar-refractivity contribution in [2.24, 2.45) is 0 Å². The van der Waals surface area contributed by atoms with Gasteiger partial charge in [0, 0.05) is 0 Å². The van der Waals surface area contributed by atoms with Crippen LogP contribution in [0.3, 0.4) is 0 Å². The monoisotopic (exact) mass is 390 g/mol. The molecular formula is C25H27FN2O. The minimum Gasteiger partial charge on any atom is -0.348 e. The predicted octanol–water partition coefficient (Wildman–Crippen LogP) is 4.77. The van der Waals surface area contributed by atoms with Crippen molar-refractivity contribution in [1.29, 1.82) is 0 Å². The van der Waals surface area contributed by atoms with E-state index in [-0.39, 0.29) is 17.8 Å². The number of halogens is 1. The van der Waals surface area contributed by atoms with Gasteiger partial charge in [-0.1, -0.05) is 72.8 Å². The molecule has 4 heteroatoms. The highest BCUT2D eigenvalue weighted by molar-refractivity contribution is 5.87. The topological polar surface area (TPSA) is 32.3 Å².